The molecule has 1 rings (SSSR count). The lowest BCUT2D eigenvalue weighted by atomic mass is 10.2. The molecule has 0 aromatic heterocycles. The fraction of sp³-hybridized carbons (Fsp3) is 0.538. The topological polar surface area (TPSA) is 0 Å². The van der Waals surface area contributed by atoms with Gasteiger partial charge in [-0.3, -0.25) is 0 Å². The molecular weight excluding hydrogens is 236 g/mol. The minimum atomic E-state index is 1.08. The molecule has 0 bridgehead atoms. The zero-order chi connectivity index (χ0) is 11.4. The first-order valence-electron chi connectivity index (χ1n) is 5.40. The van der Waals surface area contributed by atoms with Gasteiger partial charge in [0.2, 0.25) is 0 Å². The Morgan fingerprint density at radius 3 is 2.21 bits per heavy atom. The van der Waals surface area contributed by atoms with Crippen molar-refractivity contribution in [3.05, 3.63) is 34.4 Å². The maximum absolute atomic E-state index is 3.40. The van der Waals surface area contributed by atoms with Crippen molar-refractivity contribution >= 4 is 15.9 Å². The van der Waals surface area contributed by atoms with Crippen molar-refractivity contribution in [2.75, 3.05) is 0 Å². The van der Waals surface area contributed by atoms with Crippen LogP contribution in [0.2, 0.25) is 0 Å². The molecule has 1 heteroatoms. The molecule has 0 saturated heterocycles. The molecule has 0 amide bonds. The van der Waals surface area contributed by atoms with E-state index >= 15 is 0 Å². The summed E-state index contributed by atoms with van der Waals surface area (Å²) in [6.07, 6.45) is 10.8. The fourth-order valence-corrected chi connectivity index (χ4v) is 1.02. The van der Waals surface area contributed by atoms with Crippen LogP contribution in [-0.4, -0.2) is 0 Å². The van der Waals surface area contributed by atoms with E-state index in [1.165, 1.54) is 12.0 Å². The molecule has 0 saturated carbocycles. The predicted octanol–water partition coefficient (Wildman–Crippen LogP) is 5.61. The predicted molar refractivity (Wildman–Crippen MR) is 71.8 cm³/mol. The van der Waals surface area contributed by atoms with Crippen LogP contribution in [0.1, 0.15) is 47.5 Å². The smallest absolute Gasteiger partial charge is 0.0172 e. The van der Waals surface area contributed by atoms with E-state index in [9.17, 15) is 0 Å². The fourth-order valence-electron chi connectivity index (χ4n) is 0.703. The second-order valence-corrected chi connectivity index (χ2v) is 3.79. The Bertz CT molecular complexity index is 197. The number of allylic oxidation sites excluding steroid dienone is 6. The van der Waals surface area contributed by atoms with Gasteiger partial charge in [-0.1, -0.05) is 73.8 Å². The molecule has 1 aliphatic rings. The summed E-state index contributed by atoms with van der Waals surface area (Å²) < 4.78 is 1.15. The van der Waals surface area contributed by atoms with Gasteiger partial charge < -0.3 is 0 Å². The summed E-state index contributed by atoms with van der Waals surface area (Å²) in [6, 6.07) is 0. The average molecular weight is 259 g/mol. The Morgan fingerprint density at radius 2 is 1.71 bits per heavy atom. The number of rotatable bonds is 0. The normalized spacial score (nSPS) is 13.6. The van der Waals surface area contributed by atoms with Crippen molar-refractivity contribution in [1.29, 1.82) is 0 Å². The zero-order valence-electron chi connectivity index (χ0n) is 10.1. The van der Waals surface area contributed by atoms with Crippen LogP contribution in [-0.2, 0) is 0 Å². The van der Waals surface area contributed by atoms with Crippen molar-refractivity contribution in [3.63, 3.8) is 0 Å². The minimum Gasteiger partial charge on any atom is -0.0794 e. The molecule has 82 valence electrons. The lowest BCUT2D eigenvalue weighted by Crippen LogP contribution is -1.66. The van der Waals surface area contributed by atoms with Crippen molar-refractivity contribution in [2.45, 2.75) is 47.5 Å². The van der Waals surface area contributed by atoms with Crippen LogP contribution in [0.5, 0.6) is 0 Å². The molecular formula is C13H23Br. The van der Waals surface area contributed by atoms with Crippen LogP contribution in [0.25, 0.3) is 0 Å². The van der Waals surface area contributed by atoms with Crippen molar-refractivity contribution < 1.29 is 0 Å². The van der Waals surface area contributed by atoms with Crippen LogP contribution >= 0.6 is 15.9 Å². The highest BCUT2D eigenvalue weighted by molar-refractivity contribution is 9.11. The van der Waals surface area contributed by atoms with Gasteiger partial charge in [0, 0.05) is 4.48 Å². The summed E-state index contributed by atoms with van der Waals surface area (Å²) >= 11 is 3.40. The van der Waals surface area contributed by atoms with E-state index in [2.05, 4.69) is 61.0 Å². The van der Waals surface area contributed by atoms with Gasteiger partial charge in [-0.15, -0.1) is 0 Å². The zero-order valence-corrected chi connectivity index (χ0v) is 11.7. The maximum Gasteiger partial charge on any atom is 0.0172 e. The summed E-state index contributed by atoms with van der Waals surface area (Å²) in [5, 5.41) is 0. The molecule has 0 atom stereocenters. The van der Waals surface area contributed by atoms with Crippen molar-refractivity contribution in [2.24, 2.45) is 0 Å². The van der Waals surface area contributed by atoms with Gasteiger partial charge in [0.25, 0.3) is 0 Å². The Morgan fingerprint density at radius 1 is 1.21 bits per heavy atom. The van der Waals surface area contributed by atoms with Crippen LogP contribution in [0, 0.1) is 0 Å². The largest absolute Gasteiger partial charge is 0.0794 e. The molecule has 0 unspecified atom stereocenters. The van der Waals surface area contributed by atoms with Gasteiger partial charge in [-0.05, 0) is 19.4 Å². The van der Waals surface area contributed by atoms with Crippen LogP contribution in [0.3, 0.4) is 0 Å². The highest BCUT2D eigenvalue weighted by Crippen LogP contribution is 2.14. The standard InChI is InChI=1S/C8H9Br.C3H8.C2H6/c1-7-3-2-4-8(9)6-5-7;1-3-2;1-2/h2,4-6H,3H2,1H3;3H2,1-2H3;1-2H3. The molecule has 0 spiro atoms. The third-order valence-corrected chi connectivity index (χ3v) is 1.77. The third-order valence-electron chi connectivity index (χ3n) is 1.24. The lowest BCUT2D eigenvalue weighted by molar-refractivity contribution is 1.09. The van der Waals surface area contributed by atoms with Crippen molar-refractivity contribution in [1.82, 2.24) is 0 Å². The number of halogens is 1. The molecule has 0 aromatic rings. The molecule has 0 radical (unpaired) electrons. The van der Waals surface area contributed by atoms with Gasteiger partial charge in [0.05, 0.1) is 0 Å². The number of hydrogen-bond donors (Lipinski definition) is 0. The molecule has 0 fully saturated rings. The first-order valence-corrected chi connectivity index (χ1v) is 6.19. The highest BCUT2D eigenvalue weighted by Gasteiger charge is 1.89. The SMILES string of the molecule is CC.CC1=CC=C(Br)C=CC1.CCC. The van der Waals surface area contributed by atoms with E-state index in [1.54, 1.807) is 0 Å². The summed E-state index contributed by atoms with van der Waals surface area (Å²) in [5.74, 6) is 0. The first kappa shape index (κ1) is 16.1. The Balaban J connectivity index is 0. The summed E-state index contributed by atoms with van der Waals surface area (Å²) in [5.41, 5.74) is 1.40. The summed E-state index contributed by atoms with van der Waals surface area (Å²) in [7, 11) is 0. The second-order valence-electron chi connectivity index (χ2n) is 2.88. The van der Waals surface area contributed by atoms with Gasteiger partial charge in [-0.2, -0.15) is 0 Å². The van der Waals surface area contributed by atoms with Gasteiger partial charge >= 0.3 is 0 Å². The molecule has 0 aromatic carbocycles. The average Bonchev–Trinajstić information content (AvgIpc) is 2.36. The Labute approximate surface area is 97.9 Å². The molecule has 1 aliphatic carbocycles. The first-order chi connectivity index (χ1) is 6.70. The maximum atomic E-state index is 3.40. The van der Waals surface area contributed by atoms with Crippen LogP contribution in [0.15, 0.2) is 34.4 Å². The molecule has 0 N–H and O–H groups in total. The third kappa shape index (κ3) is 11.7. The molecule has 0 heterocycles. The van der Waals surface area contributed by atoms with Crippen molar-refractivity contribution in [3.8, 4) is 0 Å². The van der Waals surface area contributed by atoms with Crippen LogP contribution in [0.4, 0.5) is 0 Å². The molecule has 0 nitrogen and oxygen atoms in total. The molecule has 0 aliphatic heterocycles. The number of hydrogen-bond acceptors (Lipinski definition) is 0. The van der Waals surface area contributed by atoms with Gasteiger partial charge in [0.1, 0.15) is 0 Å². The van der Waals surface area contributed by atoms with E-state index in [0.717, 1.165) is 10.9 Å². The highest BCUT2D eigenvalue weighted by atomic mass is 79.9. The summed E-state index contributed by atoms with van der Waals surface area (Å²) in [6.45, 7) is 10.4. The van der Waals surface area contributed by atoms with E-state index in [1.807, 2.05) is 13.8 Å². The minimum absolute atomic E-state index is 1.08. The quantitative estimate of drug-likeness (QED) is 0.530. The van der Waals surface area contributed by atoms with E-state index < -0.39 is 0 Å². The summed E-state index contributed by atoms with van der Waals surface area (Å²) in [4.78, 5) is 0. The second kappa shape index (κ2) is 12.7. The van der Waals surface area contributed by atoms with E-state index in [0.29, 0.717) is 0 Å². The van der Waals surface area contributed by atoms with E-state index in [4.69, 9.17) is 0 Å². The van der Waals surface area contributed by atoms with E-state index in [-0.39, 0.29) is 0 Å². The lowest BCUT2D eigenvalue weighted by Gasteiger charge is -1.86. The van der Waals surface area contributed by atoms with Crippen LogP contribution < -0.4 is 0 Å². The van der Waals surface area contributed by atoms with Gasteiger partial charge in [-0.25, -0.2) is 0 Å². The van der Waals surface area contributed by atoms with Gasteiger partial charge in [0.15, 0.2) is 0 Å². The monoisotopic (exact) mass is 258 g/mol. The molecule has 14 heavy (non-hydrogen) atoms. The Kier molecular flexibility index (Phi) is 14.6. The Hall–Kier alpha value is -0.300.